The van der Waals surface area contributed by atoms with Gasteiger partial charge in [0.2, 0.25) is 0 Å². The molecule has 0 spiro atoms. The minimum absolute atomic E-state index is 0.00855. The molecule has 1 atom stereocenters. The van der Waals surface area contributed by atoms with Crippen molar-refractivity contribution in [3.8, 4) is 5.69 Å². The van der Waals surface area contributed by atoms with Crippen LogP contribution >= 0.6 is 0 Å². The first-order valence-electron chi connectivity index (χ1n) is 8.34. The Labute approximate surface area is 142 Å². The van der Waals surface area contributed by atoms with Gasteiger partial charge in [-0.3, -0.25) is 4.79 Å². The molecule has 0 bridgehead atoms. The van der Waals surface area contributed by atoms with Crippen molar-refractivity contribution in [3.63, 3.8) is 0 Å². The number of para-hydroxylation sites is 1. The molecule has 1 saturated heterocycles. The van der Waals surface area contributed by atoms with E-state index >= 15 is 0 Å². The van der Waals surface area contributed by atoms with Gasteiger partial charge in [0, 0.05) is 42.7 Å². The van der Waals surface area contributed by atoms with Gasteiger partial charge in [0.15, 0.2) is 0 Å². The predicted molar refractivity (Wildman–Crippen MR) is 92.5 cm³/mol. The molecule has 0 saturated carbocycles. The minimum Gasteiger partial charge on any atom is -0.396 e. The van der Waals surface area contributed by atoms with E-state index in [4.69, 9.17) is 4.74 Å². The van der Waals surface area contributed by atoms with E-state index in [1.165, 1.54) is 0 Å². The van der Waals surface area contributed by atoms with Crippen molar-refractivity contribution in [1.29, 1.82) is 0 Å². The highest BCUT2D eigenvalue weighted by Crippen LogP contribution is 2.22. The SMILES string of the molecule is Cc1cc(C(=O)N2CCOC[C@@H](CO)C2)c(C)n1-c1ccccc1. The zero-order valence-electron chi connectivity index (χ0n) is 14.2. The second kappa shape index (κ2) is 7.20. The van der Waals surface area contributed by atoms with Crippen LogP contribution in [0.4, 0.5) is 0 Å². The molecule has 5 heteroatoms. The van der Waals surface area contributed by atoms with Crippen LogP contribution in [-0.4, -0.2) is 53.4 Å². The van der Waals surface area contributed by atoms with Crippen molar-refractivity contribution in [2.75, 3.05) is 32.9 Å². The highest BCUT2D eigenvalue weighted by atomic mass is 16.5. The molecular formula is C19H24N2O3. The normalized spacial score (nSPS) is 18.5. The summed E-state index contributed by atoms with van der Waals surface area (Å²) in [5, 5.41) is 9.42. The number of amides is 1. The Morgan fingerprint density at radius 1 is 1.29 bits per heavy atom. The first-order chi connectivity index (χ1) is 11.6. The fraction of sp³-hybridized carbons (Fsp3) is 0.421. The molecular weight excluding hydrogens is 304 g/mol. The van der Waals surface area contributed by atoms with Crippen LogP contribution in [0.3, 0.4) is 0 Å². The summed E-state index contributed by atoms with van der Waals surface area (Å²) in [6, 6.07) is 12.0. The van der Waals surface area contributed by atoms with E-state index in [9.17, 15) is 9.90 Å². The third-order valence-electron chi connectivity index (χ3n) is 4.56. The molecule has 1 fully saturated rings. The number of rotatable bonds is 3. The van der Waals surface area contributed by atoms with Gasteiger partial charge in [-0.25, -0.2) is 0 Å². The van der Waals surface area contributed by atoms with Gasteiger partial charge < -0.3 is 19.3 Å². The minimum atomic E-state index is -0.0194. The molecule has 1 aromatic carbocycles. The lowest BCUT2D eigenvalue weighted by molar-refractivity contribution is 0.0727. The van der Waals surface area contributed by atoms with Gasteiger partial charge in [0.1, 0.15) is 0 Å². The molecule has 0 unspecified atom stereocenters. The second-order valence-corrected chi connectivity index (χ2v) is 6.33. The number of benzene rings is 1. The molecule has 2 aromatic rings. The Morgan fingerprint density at radius 2 is 2.04 bits per heavy atom. The number of ether oxygens (including phenoxy) is 1. The van der Waals surface area contributed by atoms with Crippen molar-refractivity contribution in [3.05, 3.63) is 53.3 Å². The van der Waals surface area contributed by atoms with E-state index < -0.39 is 0 Å². The number of carbonyl (C=O) groups is 1. The predicted octanol–water partition coefficient (Wildman–Crippen LogP) is 2.18. The molecule has 3 rings (SSSR count). The van der Waals surface area contributed by atoms with E-state index in [-0.39, 0.29) is 18.4 Å². The molecule has 1 aliphatic heterocycles. The summed E-state index contributed by atoms with van der Waals surface area (Å²) < 4.78 is 7.59. The van der Waals surface area contributed by atoms with E-state index in [0.29, 0.717) is 26.3 Å². The van der Waals surface area contributed by atoms with Gasteiger partial charge in [-0.05, 0) is 32.0 Å². The van der Waals surface area contributed by atoms with Crippen molar-refractivity contribution in [2.24, 2.45) is 5.92 Å². The van der Waals surface area contributed by atoms with Crippen LogP contribution in [0.5, 0.6) is 0 Å². The van der Waals surface area contributed by atoms with Crippen LogP contribution in [0.2, 0.25) is 0 Å². The zero-order valence-corrected chi connectivity index (χ0v) is 14.2. The average Bonchev–Trinajstić information content (AvgIpc) is 2.78. The fourth-order valence-corrected chi connectivity index (χ4v) is 3.30. The van der Waals surface area contributed by atoms with Crippen molar-refractivity contribution in [1.82, 2.24) is 9.47 Å². The van der Waals surface area contributed by atoms with Gasteiger partial charge in [-0.2, -0.15) is 0 Å². The molecule has 2 heterocycles. The Balaban J connectivity index is 1.91. The highest BCUT2D eigenvalue weighted by molar-refractivity contribution is 5.96. The average molecular weight is 328 g/mol. The molecule has 1 amide bonds. The van der Waals surface area contributed by atoms with Gasteiger partial charge >= 0.3 is 0 Å². The summed E-state index contributed by atoms with van der Waals surface area (Å²) in [6.07, 6.45) is 0. The molecule has 0 radical (unpaired) electrons. The molecule has 5 nitrogen and oxygen atoms in total. The van der Waals surface area contributed by atoms with Crippen LogP contribution in [0.1, 0.15) is 21.7 Å². The summed E-state index contributed by atoms with van der Waals surface area (Å²) in [5.41, 5.74) is 3.75. The van der Waals surface area contributed by atoms with E-state index in [0.717, 1.165) is 22.6 Å². The Hall–Kier alpha value is -2.11. The maximum Gasteiger partial charge on any atom is 0.255 e. The quantitative estimate of drug-likeness (QED) is 0.939. The van der Waals surface area contributed by atoms with Crippen LogP contribution in [0.25, 0.3) is 5.69 Å². The third-order valence-corrected chi connectivity index (χ3v) is 4.56. The van der Waals surface area contributed by atoms with Crippen molar-refractivity contribution in [2.45, 2.75) is 13.8 Å². The van der Waals surface area contributed by atoms with E-state index in [2.05, 4.69) is 4.57 Å². The molecule has 1 N–H and O–H groups in total. The summed E-state index contributed by atoms with van der Waals surface area (Å²) in [7, 11) is 0. The van der Waals surface area contributed by atoms with Crippen LogP contribution in [0, 0.1) is 19.8 Å². The van der Waals surface area contributed by atoms with Gasteiger partial charge in [0.25, 0.3) is 5.91 Å². The summed E-state index contributed by atoms with van der Waals surface area (Å²) >= 11 is 0. The smallest absolute Gasteiger partial charge is 0.255 e. The Morgan fingerprint density at radius 3 is 2.75 bits per heavy atom. The molecule has 24 heavy (non-hydrogen) atoms. The van der Waals surface area contributed by atoms with Gasteiger partial charge in [-0.15, -0.1) is 0 Å². The maximum atomic E-state index is 13.0. The number of carbonyl (C=O) groups excluding carboxylic acids is 1. The first kappa shape index (κ1) is 16.7. The largest absolute Gasteiger partial charge is 0.396 e. The molecule has 1 aliphatic rings. The van der Waals surface area contributed by atoms with Crippen molar-refractivity contribution >= 4 is 5.91 Å². The third kappa shape index (κ3) is 3.23. The van der Waals surface area contributed by atoms with Gasteiger partial charge in [0.05, 0.1) is 18.8 Å². The number of hydrogen-bond donors (Lipinski definition) is 1. The standard InChI is InChI=1S/C19H24N2O3/c1-14-10-18(15(2)21(14)17-6-4-3-5-7-17)19(23)20-8-9-24-13-16(11-20)12-22/h3-7,10,16,22H,8-9,11-13H2,1-2H3/t16-/m1/s1. The highest BCUT2D eigenvalue weighted by Gasteiger charge is 2.26. The lowest BCUT2D eigenvalue weighted by Crippen LogP contribution is -2.37. The van der Waals surface area contributed by atoms with Crippen LogP contribution < -0.4 is 0 Å². The second-order valence-electron chi connectivity index (χ2n) is 6.33. The number of aryl methyl sites for hydroxylation is 1. The maximum absolute atomic E-state index is 13.0. The fourth-order valence-electron chi connectivity index (χ4n) is 3.30. The van der Waals surface area contributed by atoms with Crippen molar-refractivity contribution < 1.29 is 14.6 Å². The number of nitrogens with zero attached hydrogens (tertiary/aromatic N) is 2. The first-order valence-corrected chi connectivity index (χ1v) is 8.34. The molecule has 128 valence electrons. The van der Waals surface area contributed by atoms with Crippen LogP contribution in [0.15, 0.2) is 36.4 Å². The summed E-state index contributed by atoms with van der Waals surface area (Å²) in [4.78, 5) is 14.8. The number of hydrogen-bond acceptors (Lipinski definition) is 3. The number of aromatic nitrogens is 1. The molecule has 0 aliphatic carbocycles. The number of aliphatic hydroxyl groups excluding tert-OH is 1. The lowest BCUT2D eigenvalue weighted by atomic mass is 10.1. The zero-order chi connectivity index (χ0) is 17.1. The Bertz CT molecular complexity index is 709. The lowest BCUT2D eigenvalue weighted by Gasteiger charge is -2.22. The summed E-state index contributed by atoms with van der Waals surface area (Å²) in [5.74, 6) is -0.0108. The number of aliphatic hydroxyl groups is 1. The van der Waals surface area contributed by atoms with E-state index in [1.807, 2.05) is 50.2 Å². The van der Waals surface area contributed by atoms with Gasteiger partial charge in [-0.1, -0.05) is 18.2 Å². The monoisotopic (exact) mass is 328 g/mol. The topological polar surface area (TPSA) is 54.7 Å². The molecule has 1 aromatic heterocycles. The van der Waals surface area contributed by atoms with E-state index in [1.54, 1.807) is 4.90 Å². The summed E-state index contributed by atoms with van der Waals surface area (Å²) in [6.45, 7) is 6.13. The van der Waals surface area contributed by atoms with Crippen LogP contribution in [-0.2, 0) is 4.74 Å². The Kier molecular flexibility index (Phi) is 5.02.